The Kier molecular flexibility index (Phi) is 6.79. The lowest BCUT2D eigenvalue weighted by Crippen LogP contribution is -2.46. The Morgan fingerprint density at radius 1 is 1.44 bits per heavy atom. The summed E-state index contributed by atoms with van der Waals surface area (Å²) in [4.78, 5) is 37.3. The number of carbonyl (C=O) groups is 1. The number of hydroxylamine groups is 2. The molecule has 0 saturated carbocycles. The Labute approximate surface area is 201 Å². The molecule has 1 aromatic heterocycles. The van der Waals surface area contributed by atoms with Crippen LogP contribution in [0.15, 0.2) is 46.3 Å². The summed E-state index contributed by atoms with van der Waals surface area (Å²) in [5.41, 5.74) is 3.81. The number of aromatic nitrogens is 1. The summed E-state index contributed by atoms with van der Waals surface area (Å²) in [5, 5.41) is 11.2. The number of likely N-dealkylation sites (N-methyl/N-ethyl adjacent to an activating group) is 1. The first kappa shape index (κ1) is 23.6. The molecule has 2 N–H and O–H groups in total. The normalized spacial score (nSPS) is 23.9. The van der Waals surface area contributed by atoms with Crippen molar-refractivity contribution in [1.82, 2.24) is 15.5 Å². The number of amides is 1. The van der Waals surface area contributed by atoms with Gasteiger partial charge in [0.1, 0.15) is 6.10 Å². The van der Waals surface area contributed by atoms with Crippen LogP contribution >= 0.6 is 11.6 Å². The van der Waals surface area contributed by atoms with Crippen molar-refractivity contribution in [3.8, 4) is 6.07 Å². The largest absolute Gasteiger partial charge is 0.367 e. The highest BCUT2D eigenvalue weighted by Gasteiger charge is 2.43. The summed E-state index contributed by atoms with van der Waals surface area (Å²) in [6.07, 6.45) is 3.89. The summed E-state index contributed by atoms with van der Waals surface area (Å²) < 4.78 is 7.57. The van der Waals surface area contributed by atoms with E-state index in [0.29, 0.717) is 40.6 Å². The number of H-pyrrole nitrogens is 1. The number of pyridine rings is 1. The van der Waals surface area contributed by atoms with E-state index >= 15 is 0 Å². The van der Waals surface area contributed by atoms with Gasteiger partial charge in [-0.15, -0.1) is 5.43 Å². The Bertz CT molecular complexity index is 1240. The van der Waals surface area contributed by atoms with E-state index in [1.165, 1.54) is 14.2 Å². The number of rotatable bonds is 5. The number of nitrogens with zero attached hydrogens (tertiary/aromatic N) is 4. The van der Waals surface area contributed by atoms with Crippen molar-refractivity contribution in [3.63, 3.8) is 0 Å². The van der Waals surface area contributed by atoms with Crippen LogP contribution in [0.5, 0.6) is 0 Å². The van der Waals surface area contributed by atoms with Gasteiger partial charge in [-0.2, -0.15) is 5.26 Å². The Morgan fingerprint density at radius 3 is 2.85 bits per heavy atom. The van der Waals surface area contributed by atoms with Gasteiger partial charge in [-0.3, -0.25) is 14.4 Å². The zero-order valence-corrected chi connectivity index (χ0v) is 19.5. The number of hydrazine groups is 1. The summed E-state index contributed by atoms with van der Waals surface area (Å²) in [5.74, 6) is 0.0932. The summed E-state index contributed by atoms with van der Waals surface area (Å²) in [7, 11) is 2.94. The molecule has 1 aromatic carbocycles. The number of nitrogens with one attached hydrogen (secondary N) is 2. The van der Waals surface area contributed by atoms with E-state index in [1.54, 1.807) is 41.2 Å². The SMILES string of the molecule is CON(C)C(=O)C1CCC(C=[N+]2NC(=Nc3ccc(Cl)cc3)c3c2cc[nH]c3=O)(CC#N)CO1. The fraction of sp³-hybridized carbons (Fsp3) is 0.348. The van der Waals surface area contributed by atoms with E-state index in [2.05, 4.69) is 21.5 Å². The maximum atomic E-state index is 12.7. The van der Waals surface area contributed by atoms with Crippen LogP contribution in [0.25, 0.3) is 0 Å². The molecule has 2 unspecified atom stereocenters. The summed E-state index contributed by atoms with van der Waals surface area (Å²) in [6, 6.07) is 10.9. The number of aromatic amines is 1. The van der Waals surface area contributed by atoms with Crippen LogP contribution in [0.1, 0.15) is 24.8 Å². The molecule has 0 spiro atoms. The van der Waals surface area contributed by atoms with Crippen molar-refractivity contribution in [3.05, 3.63) is 57.5 Å². The van der Waals surface area contributed by atoms with Crippen LogP contribution in [0.3, 0.4) is 0 Å². The zero-order valence-electron chi connectivity index (χ0n) is 18.7. The predicted octanol–water partition coefficient (Wildman–Crippen LogP) is 2.44. The third-order valence-corrected chi connectivity index (χ3v) is 6.15. The van der Waals surface area contributed by atoms with Crippen molar-refractivity contribution in [1.29, 1.82) is 5.26 Å². The molecule has 3 heterocycles. The number of hydrogen-bond acceptors (Lipinski definition) is 6. The van der Waals surface area contributed by atoms with Gasteiger partial charge in [0, 0.05) is 24.3 Å². The molecule has 176 valence electrons. The van der Waals surface area contributed by atoms with E-state index in [-0.39, 0.29) is 24.5 Å². The van der Waals surface area contributed by atoms with Gasteiger partial charge in [0.2, 0.25) is 5.84 Å². The smallest absolute Gasteiger partial charge is 0.274 e. The second-order valence-corrected chi connectivity index (χ2v) is 8.61. The number of amidine groups is 1. The molecule has 1 amide bonds. The standard InChI is InChI=1S/C23H23ClN6O4/c1-29(33-2)22(32)18-7-9-23(10-11-25,14-34-18)13-30-17-8-12-26-21(31)19(17)20(28-30)27-16-5-3-15(24)4-6-16/h3-6,8,12-13,18H,7,9-10,14H2,1-2H3,(H-,26,27,28,31)/p+1. The molecule has 10 nitrogen and oxygen atoms in total. The van der Waals surface area contributed by atoms with Gasteiger partial charge in [0.25, 0.3) is 17.2 Å². The molecule has 0 bridgehead atoms. The quantitative estimate of drug-likeness (QED) is 0.497. The minimum absolute atomic E-state index is 0.162. The number of hydrazone groups is 1. The molecule has 11 heteroatoms. The molecule has 2 aromatic rings. The minimum Gasteiger partial charge on any atom is -0.367 e. The van der Waals surface area contributed by atoms with Gasteiger partial charge in [-0.1, -0.05) is 16.3 Å². The van der Waals surface area contributed by atoms with E-state index < -0.39 is 11.5 Å². The lowest BCUT2D eigenvalue weighted by Gasteiger charge is -2.34. The van der Waals surface area contributed by atoms with Gasteiger partial charge in [0.15, 0.2) is 11.8 Å². The first-order chi connectivity index (χ1) is 16.4. The maximum Gasteiger partial charge on any atom is 0.274 e. The maximum absolute atomic E-state index is 12.7. The van der Waals surface area contributed by atoms with Crippen LogP contribution in [0.2, 0.25) is 5.02 Å². The third-order valence-electron chi connectivity index (χ3n) is 5.90. The molecule has 1 saturated heterocycles. The number of halogens is 1. The molecule has 2 aliphatic heterocycles. The molecule has 1 fully saturated rings. The fourth-order valence-electron chi connectivity index (χ4n) is 4.00. The van der Waals surface area contributed by atoms with E-state index in [9.17, 15) is 14.9 Å². The number of aliphatic imine (C=N–C) groups is 1. The first-order valence-corrected chi connectivity index (χ1v) is 11.0. The highest BCUT2D eigenvalue weighted by Crippen LogP contribution is 2.35. The number of carbonyl (C=O) groups excluding carboxylic acids is 1. The second kappa shape index (κ2) is 9.77. The molecule has 0 radical (unpaired) electrons. The number of benzene rings is 1. The highest BCUT2D eigenvalue weighted by molar-refractivity contribution is 6.30. The van der Waals surface area contributed by atoms with Gasteiger partial charge in [-0.05, 0) is 37.1 Å². The van der Waals surface area contributed by atoms with Crippen LogP contribution in [-0.2, 0) is 14.4 Å². The number of ether oxygens (including phenoxy) is 1. The van der Waals surface area contributed by atoms with E-state index in [4.69, 9.17) is 21.2 Å². The lowest BCUT2D eigenvalue weighted by molar-refractivity contribution is -0.480. The van der Waals surface area contributed by atoms with Crippen molar-refractivity contribution in [2.24, 2.45) is 10.4 Å². The molecule has 34 heavy (non-hydrogen) atoms. The lowest BCUT2D eigenvalue weighted by atomic mass is 9.79. The summed E-state index contributed by atoms with van der Waals surface area (Å²) in [6.45, 7) is 0.162. The monoisotopic (exact) mass is 483 g/mol. The van der Waals surface area contributed by atoms with Crippen molar-refractivity contribution < 1.29 is 19.1 Å². The predicted molar refractivity (Wildman–Crippen MR) is 125 cm³/mol. The van der Waals surface area contributed by atoms with Crippen LogP contribution < -0.4 is 11.0 Å². The van der Waals surface area contributed by atoms with Crippen LogP contribution in [0, 0.1) is 16.7 Å². The van der Waals surface area contributed by atoms with Gasteiger partial charge < -0.3 is 9.72 Å². The molecule has 2 atom stereocenters. The first-order valence-electron chi connectivity index (χ1n) is 10.6. The van der Waals surface area contributed by atoms with E-state index in [1.807, 2.05) is 6.21 Å². The number of hydrogen-bond donors (Lipinski definition) is 2. The fourth-order valence-corrected chi connectivity index (χ4v) is 4.13. The zero-order chi connectivity index (χ0) is 24.3. The van der Waals surface area contributed by atoms with Gasteiger partial charge in [0.05, 0.1) is 37.3 Å². The Balaban J connectivity index is 1.67. The van der Waals surface area contributed by atoms with Crippen molar-refractivity contribution >= 4 is 40.9 Å². The van der Waals surface area contributed by atoms with Crippen LogP contribution in [0.4, 0.5) is 11.4 Å². The average molecular weight is 484 g/mol. The molecule has 2 aliphatic rings. The van der Waals surface area contributed by atoms with Gasteiger partial charge >= 0.3 is 0 Å². The van der Waals surface area contributed by atoms with Crippen LogP contribution in [-0.4, -0.2) is 59.6 Å². The molecular weight excluding hydrogens is 460 g/mol. The Hall–Kier alpha value is -3.52. The summed E-state index contributed by atoms with van der Waals surface area (Å²) >= 11 is 5.97. The minimum atomic E-state index is -0.667. The number of fused-ring (bicyclic) bond motifs is 1. The van der Waals surface area contributed by atoms with Crippen molar-refractivity contribution in [2.75, 3.05) is 20.8 Å². The molecule has 0 aliphatic carbocycles. The highest BCUT2D eigenvalue weighted by atomic mass is 35.5. The number of nitriles is 1. The average Bonchev–Trinajstić information content (AvgIpc) is 3.18. The molecule has 4 rings (SSSR count). The third kappa shape index (κ3) is 4.72. The topological polar surface area (TPSA) is 123 Å². The van der Waals surface area contributed by atoms with Gasteiger partial charge in [-0.25, -0.2) is 10.1 Å². The molecular formula is C23H24ClN6O4+. The Morgan fingerprint density at radius 2 is 2.21 bits per heavy atom. The van der Waals surface area contributed by atoms with E-state index in [0.717, 1.165) is 5.06 Å². The van der Waals surface area contributed by atoms with Crippen molar-refractivity contribution in [2.45, 2.75) is 25.4 Å². The second-order valence-electron chi connectivity index (χ2n) is 8.17.